The average Bonchev–Trinajstić information content (AvgIpc) is 2.41. The van der Waals surface area contributed by atoms with Crippen molar-refractivity contribution >= 4 is 11.6 Å². The first-order valence-electron chi connectivity index (χ1n) is 6.49. The van der Waals surface area contributed by atoms with Crippen LogP contribution in [0.15, 0.2) is 24.3 Å². The van der Waals surface area contributed by atoms with Crippen molar-refractivity contribution < 1.29 is 4.79 Å². The Morgan fingerprint density at radius 3 is 2.33 bits per heavy atom. The summed E-state index contributed by atoms with van der Waals surface area (Å²) in [6.07, 6.45) is 0.451. The summed E-state index contributed by atoms with van der Waals surface area (Å²) < 4.78 is 0. The van der Waals surface area contributed by atoms with E-state index in [4.69, 9.17) is 5.73 Å². The van der Waals surface area contributed by atoms with Crippen molar-refractivity contribution in [2.75, 3.05) is 32.7 Å². The molecule has 1 aliphatic rings. The highest BCUT2D eigenvalue weighted by Crippen LogP contribution is 2.10. The molecule has 1 amide bonds. The largest absolute Gasteiger partial charge is 0.340 e. The zero-order valence-electron chi connectivity index (χ0n) is 10.9. The maximum atomic E-state index is 12.1. The molecule has 1 fully saturated rings. The van der Waals surface area contributed by atoms with Crippen LogP contribution in [0.4, 0.5) is 5.69 Å². The fourth-order valence-corrected chi connectivity index (χ4v) is 2.22. The molecule has 1 aliphatic heterocycles. The molecule has 2 rings (SSSR count). The monoisotopic (exact) mass is 246 g/mol. The number of nitrogens with one attached hydrogen (secondary N) is 1. The lowest BCUT2D eigenvalue weighted by atomic mass is 10.1. The van der Waals surface area contributed by atoms with Crippen LogP contribution in [0.3, 0.4) is 0 Å². The molecular weight excluding hydrogens is 226 g/mol. The lowest BCUT2D eigenvalue weighted by molar-refractivity contribution is -0.132. The van der Waals surface area contributed by atoms with Crippen molar-refractivity contribution in [3.63, 3.8) is 0 Å². The first kappa shape index (κ1) is 12.9. The second-order valence-electron chi connectivity index (χ2n) is 4.69. The number of hydrogen-bond acceptors (Lipinski definition) is 2. The van der Waals surface area contributed by atoms with Crippen LogP contribution >= 0.6 is 0 Å². The number of benzene rings is 1. The molecule has 18 heavy (non-hydrogen) atoms. The van der Waals surface area contributed by atoms with Gasteiger partial charge in [-0.05, 0) is 24.2 Å². The Morgan fingerprint density at radius 2 is 1.78 bits per heavy atom. The Labute approximate surface area is 108 Å². The number of carbonyl (C=O) groups is 1. The summed E-state index contributed by atoms with van der Waals surface area (Å²) in [4.78, 5) is 16.4. The lowest BCUT2D eigenvalue weighted by Crippen LogP contribution is -2.48. The van der Waals surface area contributed by atoms with Gasteiger partial charge in [0.15, 0.2) is 0 Å². The second kappa shape index (κ2) is 5.87. The molecular formula is C14H20N3O. The smallest absolute Gasteiger partial charge is 0.227 e. The third-order valence-corrected chi connectivity index (χ3v) is 3.48. The fraction of sp³-hybridized carbons (Fsp3) is 0.500. The van der Waals surface area contributed by atoms with E-state index in [2.05, 4.69) is 11.8 Å². The van der Waals surface area contributed by atoms with Crippen LogP contribution in [0.1, 0.15) is 12.5 Å². The summed E-state index contributed by atoms with van der Waals surface area (Å²) in [5, 5.41) is 0. The van der Waals surface area contributed by atoms with Gasteiger partial charge in [0, 0.05) is 26.2 Å². The van der Waals surface area contributed by atoms with Crippen molar-refractivity contribution in [1.29, 1.82) is 0 Å². The van der Waals surface area contributed by atoms with E-state index in [-0.39, 0.29) is 5.91 Å². The molecule has 4 heteroatoms. The SMILES string of the molecule is CCN1CCN(C(=O)Cc2ccc([NH])cc2)CC1. The molecule has 4 nitrogen and oxygen atoms in total. The highest BCUT2D eigenvalue weighted by molar-refractivity contribution is 5.79. The zero-order chi connectivity index (χ0) is 13.0. The van der Waals surface area contributed by atoms with Crippen LogP contribution in [0.5, 0.6) is 0 Å². The molecule has 0 bridgehead atoms. The second-order valence-corrected chi connectivity index (χ2v) is 4.69. The summed E-state index contributed by atoms with van der Waals surface area (Å²) in [7, 11) is 0. The van der Waals surface area contributed by atoms with E-state index in [1.54, 1.807) is 12.1 Å². The molecule has 1 N–H and O–H groups in total. The van der Waals surface area contributed by atoms with Crippen molar-refractivity contribution in [1.82, 2.24) is 15.5 Å². The van der Waals surface area contributed by atoms with Crippen molar-refractivity contribution in [3.8, 4) is 0 Å². The minimum absolute atomic E-state index is 0.198. The average molecular weight is 246 g/mol. The van der Waals surface area contributed by atoms with E-state index in [0.29, 0.717) is 12.1 Å². The fourth-order valence-electron chi connectivity index (χ4n) is 2.22. The molecule has 97 valence electrons. The van der Waals surface area contributed by atoms with E-state index < -0.39 is 0 Å². The van der Waals surface area contributed by atoms with Crippen LogP contribution in [-0.2, 0) is 11.2 Å². The predicted molar refractivity (Wildman–Crippen MR) is 71.6 cm³/mol. The van der Waals surface area contributed by atoms with Crippen molar-refractivity contribution in [3.05, 3.63) is 29.8 Å². The van der Waals surface area contributed by atoms with Gasteiger partial charge in [0.2, 0.25) is 5.91 Å². The number of amides is 1. The minimum atomic E-state index is 0.198. The Balaban J connectivity index is 1.87. The van der Waals surface area contributed by atoms with Crippen LogP contribution in [0.25, 0.3) is 0 Å². The molecule has 1 heterocycles. The first-order valence-corrected chi connectivity index (χ1v) is 6.49. The van der Waals surface area contributed by atoms with Crippen LogP contribution in [0, 0.1) is 0 Å². The summed E-state index contributed by atoms with van der Waals surface area (Å²) in [6.45, 7) is 6.85. The van der Waals surface area contributed by atoms with Gasteiger partial charge in [0.1, 0.15) is 0 Å². The van der Waals surface area contributed by atoms with E-state index in [9.17, 15) is 4.79 Å². The van der Waals surface area contributed by atoms with Gasteiger partial charge in [0.25, 0.3) is 0 Å². The van der Waals surface area contributed by atoms with Gasteiger partial charge in [-0.2, -0.15) is 0 Å². The zero-order valence-corrected chi connectivity index (χ0v) is 10.9. The van der Waals surface area contributed by atoms with Gasteiger partial charge in [-0.15, -0.1) is 0 Å². The molecule has 0 atom stereocenters. The number of hydrogen-bond donors (Lipinski definition) is 0. The van der Waals surface area contributed by atoms with Gasteiger partial charge >= 0.3 is 0 Å². The highest BCUT2D eigenvalue weighted by atomic mass is 16.2. The third kappa shape index (κ3) is 3.23. The van der Waals surface area contributed by atoms with Gasteiger partial charge in [-0.1, -0.05) is 19.1 Å². The Kier molecular flexibility index (Phi) is 4.20. The van der Waals surface area contributed by atoms with Gasteiger partial charge in [-0.25, -0.2) is 0 Å². The van der Waals surface area contributed by atoms with E-state index in [1.807, 2.05) is 17.0 Å². The maximum absolute atomic E-state index is 12.1. The van der Waals surface area contributed by atoms with Crippen LogP contribution in [-0.4, -0.2) is 48.4 Å². The maximum Gasteiger partial charge on any atom is 0.227 e. The first-order chi connectivity index (χ1) is 8.69. The number of piperazine rings is 1. The molecule has 0 spiro atoms. The quantitative estimate of drug-likeness (QED) is 0.807. The lowest BCUT2D eigenvalue weighted by Gasteiger charge is -2.34. The summed E-state index contributed by atoms with van der Waals surface area (Å²) >= 11 is 0. The topological polar surface area (TPSA) is 47.4 Å². The number of likely N-dealkylation sites (N-methyl/N-ethyl adjacent to an activating group) is 1. The van der Waals surface area contributed by atoms with E-state index in [0.717, 1.165) is 38.3 Å². The summed E-state index contributed by atoms with van der Waals surface area (Å²) in [5.74, 6) is 0.198. The van der Waals surface area contributed by atoms with E-state index >= 15 is 0 Å². The van der Waals surface area contributed by atoms with Crippen molar-refractivity contribution in [2.45, 2.75) is 13.3 Å². The molecule has 0 unspecified atom stereocenters. The molecule has 0 aromatic heterocycles. The van der Waals surface area contributed by atoms with Crippen LogP contribution < -0.4 is 5.73 Å². The molecule has 0 saturated carbocycles. The molecule has 0 aliphatic carbocycles. The van der Waals surface area contributed by atoms with E-state index in [1.165, 1.54) is 0 Å². The number of nitrogens with zero attached hydrogens (tertiary/aromatic N) is 2. The molecule has 1 aromatic carbocycles. The van der Waals surface area contributed by atoms with Crippen LogP contribution in [0.2, 0.25) is 0 Å². The third-order valence-electron chi connectivity index (χ3n) is 3.48. The summed E-state index contributed by atoms with van der Waals surface area (Å²) in [5.41, 5.74) is 8.90. The standard InChI is InChI=1S/C14H20N3O/c1-2-16-7-9-17(10-8-16)14(18)11-12-3-5-13(15)6-4-12/h3-6,15H,2,7-11H2,1H3. The molecule has 1 radical (unpaired) electrons. The number of carbonyl (C=O) groups excluding carboxylic acids is 1. The molecule has 1 saturated heterocycles. The normalized spacial score (nSPS) is 16.8. The Morgan fingerprint density at radius 1 is 1.17 bits per heavy atom. The molecule has 1 aromatic rings. The van der Waals surface area contributed by atoms with Gasteiger partial charge < -0.3 is 15.5 Å². The number of rotatable bonds is 3. The Hall–Kier alpha value is -1.55. The highest BCUT2D eigenvalue weighted by Gasteiger charge is 2.19. The van der Waals surface area contributed by atoms with Gasteiger partial charge in [0.05, 0.1) is 12.1 Å². The summed E-state index contributed by atoms with van der Waals surface area (Å²) in [6, 6.07) is 7.19. The predicted octanol–water partition coefficient (Wildman–Crippen LogP) is 1.31. The minimum Gasteiger partial charge on any atom is -0.340 e. The van der Waals surface area contributed by atoms with Crippen molar-refractivity contribution in [2.24, 2.45) is 0 Å². The Bertz CT molecular complexity index is 394. The van der Waals surface area contributed by atoms with Gasteiger partial charge in [-0.3, -0.25) is 4.79 Å².